The third-order valence-corrected chi connectivity index (χ3v) is 10.8. The summed E-state index contributed by atoms with van der Waals surface area (Å²) in [6.45, 7) is 3.41. The van der Waals surface area contributed by atoms with Gasteiger partial charge in [-0.15, -0.1) is 11.6 Å². The van der Waals surface area contributed by atoms with Crippen molar-refractivity contribution in [1.82, 2.24) is 19.9 Å². The number of nitrogens with one attached hydrogen (secondary N) is 3. The standard InChI is InChI=1S/C35H30ClN7O4/c1-16-14-38-32-29(44)12-28-31(30(16)32)17(13-36)15-43(28)34(46)25-11-20-18-6-8-41(26(18)4-2-22(20)40-25)33(45)24-10-21-19-7-9-42(35(37)47)27(19)5-3-23(21)39-24/h2-5,10-12,14,17,31,38-40H,6-9,13,15H2,1H3,(H2,37,47). The Bertz CT molecular complexity index is 2280. The predicted octanol–water partition coefficient (Wildman–Crippen LogP) is 5.10. The number of hydrogen-bond acceptors (Lipinski definition) is 4. The van der Waals surface area contributed by atoms with Gasteiger partial charge in [0, 0.05) is 88.5 Å². The van der Waals surface area contributed by atoms with Crippen molar-refractivity contribution in [3.8, 4) is 0 Å². The molecule has 2 aromatic carbocycles. The first-order chi connectivity index (χ1) is 22.7. The highest BCUT2D eigenvalue weighted by atomic mass is 35.5. The van der Waals surface area contributed by atoms with Gasteiger partial charge in [0.25, 0.3) is 11.8 Å². The molecule has 0 spiro atoms. The van der Waals surface area contributed by atoms with Gasteiger partial charge in [0.2, 0.25) is 5.78 Å². The Labute approximate surface area is 273 Å². The number of aryl methyl sites for hydroxylation is 1. The fraction of sp³-hybridized carbons (Fsp3) is 0.257. The molecule has 9 rings (SSSR count). The van der Waals surface area contributed by atoms with Crippen molar-refractivity contribution in [3.05, 3.63) is 93.7 Å². The Morgan fingerprint density at radius 2 is 1.49 bits per heavy atom. The predicted molar refractivity (Wildman–Crippen MR) is 179 cm³/mol. The molecule has 11 nitrogen and oxygen atoms in total. The molecule has 2 atom stereocenters. The first kappa shape index (κ1) is 28.0. The van der Waals surface area contributed by atoms with Crippen LogP contribution in [-0.2, 0) is 12.8 Å². The van der Waals surface area contributed by atoms with E-state index in [1.165, 1.54) is 0 Å². The van der Waals surface area contributed by atoms with Gasteiger partial charge in [0.1, 0.15) is 11.4 Å². The second kappa shape index (κ2) is 9.85. The number of rotatable bonds is 3. The lowest BCUT2D eigenvalue weighted by Crippen LogP contribution is -2.33. The van der Waals surface area contributed by atoms with Crippen LogP contribution in [0.25, 0.3) is 21.8 Å². The number of allylic oxidation sites excluding steroid dienone is 2. The molecule has 236 valence electrons. The Balaban J connectivity index is 1.02. The van der Waals surface area contributed by atoms with Crippen LogP contribution in [0.3, 0.4) is 0 Å². The van der Waals surface area contributed by atoms with Gasteiger partial charge in [-0.1, -0.05) is 0 Å². The molecule has 4 amide bonds. The minimum Gasteiger partial charge on any atom is -0.358 e. The van der Waals surface area contributed by atoms with Crippen LogP contribution in [0.2, 0.25) is 0 Å². The fourth-order valence-electron chi connectivity index (χ4n) is 8.27. The van der Waals surface area contributed by atoms with Crippen molar-refractivity contribution in [3.63, 3.8) is 0 Å². The molecule has 0 bridgehead atoms. The van der Waals surface area contributed by atoms with Crippen molar-refractivity contribution in [2.24, 2.45) is 11.7 Å². The number of benzene rings is 2. The van der Waals surface area contributed by atoms with E-state index in [2.05, 4.69) is 15.0 Å². The number of aromatic nitrogens is 3. The number of likely N-dealkylation sites (tertiary alicyclic amines) is 1. The molecule has 3 aromatic heterocycles. The lowest BCUT2D eigenvalue weighted by molar-refractivity contribution is 0.0814. The number of hydrogen-bond donors (Lipinski definition) is 4. The Morgan fingerprint density at radius 1 is 0.894 bits per heavy atom. The third kappa shape index (κ3) is 3.86. The van der Waals surface area contributed by atoms with Crippen LogP contribution in [0.4, 0.5) is 16.2 Å². The SMILES string of the molecule is Cc1c[nH]c2c1C1C(=CC2=O)N(C(=O)c2cc3c4c(ccc3[nH]2)N(C(=O)c2cc3c5c(ccc3[nH]2)N(C(N)=O)CC5)CC4)CC1CCl. The topological polar surface area (TPSA) is 151 Å². The van der Waals surface area contributed by atoms with Gasteiger partial charge in [-0.2, -0.15) is 0 Å². The molecule has 12 heteroatoms. The maximum Gasteiger partial charge on any atom is 0.319 e. The summed E-state index contributed by atoms with van der Waals surface area (Å²) in [6, 6.07) is 10.8. The normalized spacial score (nSPS) is 19.7. The second-order valence-electron chi connectivity index (χ2n) is 12.9. The van der Waals surface area contributed by atoms with Crippen molar-refractivity contribution in [1.29, 1.82) is 0 Å². The number of ketones is 1. The number of primary amides is 1. The Morgan fingerprint density at radius 3 is 2.11 bits per heavy atom. The highest BCUT2D eigenvalue weighted by molar-refractivity contribution is 6.18. The molecule has 4 aliphatic rings. The molecule has 0 radical (unpaired) electrons. The number of fused-ring (bicyclic) bond motifs is 9. The zero-order valence-corrected chi connectivity index (χ0v) is 26.2. The highest BCUT2D eigenvalue weighted by Gasteiger charge is 2.46. The second-order valence-corrected chi connectivity index (χ2v) is 13.2. The zero-order chi connectivity index (χ0) is 32.3. The van der Waals surface area contributed by atoms with Gasteiger partial charge in [0.05, 0.1) is 5.69 Å². The maximum absolute atomic E-state index is 14.1. The summed E-state index contributed by atoms with van der Waals surface area (Å²) in [5.74, 6) is -0.286. The van der Waals surface area contributed by atoms with Gasteiger partial charge in [-0.05, 0) is 78.4 Å². The Hall–Kier alpha value is -5.29. The number of carbonyl (C=O) groups is 4. The molecule has 1 aliphatic carbocycles. The summed E-state index contributed by atoms with van der Waals surface area (Å²) in [5.41, 5.74) is 14.9. The van der Waals surface area contributed by atoms with Gasteiger partial charge in [-0.25, -0.2) is 4.79 Å². The number of nitrogens with zero attached hydrogens (tertiary/aromatic N) is 3. The number of anilines is 2. The first-order valence-corrected chi connectivity index (χ1v) is 16.3. The molecule has 5 aromatic rings. The minimum absolute atomic E-state index is 0.0193. The number of amides is 4. The minimum atomic E-state index is -0.486. The van der Waals surface area contributed by atoms with Crippen LogP contribution in [-0.4, -0.2) is 69.0 Å². The van der Waals surface area contributed by atoms with Gasteiger partial charge in [0.15, 0.2) is 0 Å². The molecular formula is C35H30ClN7O4. The average Bonchev–Trinajstić information content (AvgIpc) is 3.90. The molecule has 2 unspecified atom stereocenters. The van der Waals surface area contributed by atoms with Gasteiger partial charge >= 0.3 is 6.03 Å². The first-order valence-electron chi connectivity index (χ1n) is 15.7. The van der Waals surface area contributed by atoms with E-state index in [1.807, 2.05) is 49.5 Å². The largest absolute Gasteiger partial charge is 0.358 e. The number of aromatic amines is 3. The van der Waals surface area contributed by atoms with Crippen LogP contribution < -0.4 is 15.5 Å². The van der Waals surface area contributed by atoms with Crippen LogP contribution in [0.15, 0.2) is 54.4 Å². The van der Waals surface area contributed by atoms with Crippen LogP contribution >= 0.6 is 11.6 Å². The van der Waals surface area contributed by atoms with E-state index >= 15 is 0 Å². The van der Waals surface area contributed by atoms with Crippen molar-refractivity contribution in [2.45, 2.75) is 25.7 Å². The van der Waals surface area contributed by atoms with Crippen molar-refractivity contribution in [2.75, 3.05) is 35.3 Å². The lowest BCUT2D eigenvalue weighted by Gasteiger charge is -2.24. The number of nitrogens with two attached hydrogens (primary N) is 1. The number of halogens is 1. The average molecular weight is 648 g/mol. The summed E-state index contributed by atoms with van der Waals surface area (Å²) in [5, 5.41) is 1.81. The third-order valence-electron chi connectivity index (χ3n) is 10.4. The van der Waals surface area contributed by atoms with E-state index in [-0.39, 0.29) is 29.4 Å². The van der Waals surface area contributed by atoms with Crippen LogP contribution in [0.1, 0.15) is 59.6 Å². The maximum atomic E-state index is 14.1. The lowest BCUT2D eigenvalue weighted by atomic mass is 9.81. The molecule has 0 saturated carbocycles. The number of alkyl halides is 1. The summed E-state index contributed by atoms with van der Waals surface area (Å²) in [6.07, 6.45) is 4.72. The quantitative estimate of drug-likeness (QED) is 0.201. The van der Waals surface area contributed by atoms with Crippen molar-refractivity contribution >= 4 is 68.4 Å². The van der Waals surface area contributed by atoms with E-state index in [0.29, 0.717) is 61.1 Å². The highest BCUT2D eigenvalue weighted by Crippen LogP contribution is 2.47. The molecule has 1 fully saturated rings. The van der Waals surface area contributed by atoms with Crippen molar-refractivity contribution < 1.29 is 19.2 Å². The monoisotopic (exact) mass is 647 g/mol. The van der Waals surface area contributed by atoms with E-state index in [0.717, 1.165) is 55.4 Å². The van der Waals surface area contributed by atoms with Gasteiger partial charge in [-0.3, -0.25) is 19.3 Å². The van der Waals surface area contributed by atoms with Crippen LogP contribution in [0.5, 0.6) is 0 Å². The Kier molecular flexibility index (Phi) is 5.87. The van der Waals surface area contributed by atoms with Crippen LogP contribution in [0, 0.1) is 12.8 Å². The van der Waals surface area contributed by atoms with E-state index in [1.54, 1.807) is 20.8 Å². The molecule has 1 saturated heterocycles. The summed E-state index contributed by atoms with van der Waals surface area (Å²) < 4.78 is 0. The number of carbonyl (C=O) groups excluding carboxylic acids is 4. The van der Waals surface area contributed by atoms with E-state index in [4.69, 9.17) is 17.3 Å². The van der Waals surface area contributed by atoms with E-state index in [9.17, 15) is 19.2 Å². The zero-order valence-electron chi connectivity index (χ0n) is 25.4. The molecule has 47 heavy (non-hydrogen) atoms. The summed E-state index contributed by atoms with van der Waals surface area (Å²) in [7, 11) is 0. The molecule has 5 N–H and O–H groups in total. The molecule has 3 aliphatic heterocycles. The smallest absolute Gasteiger partial charge is 0.319 e. The van der Waals surface area contributed by atoms with E-state index < -0.39 is 6.03 Å². The number of urea groups is 1. The summed E-state index contributed by atoms with van der Waals surface area (Å²) in [4.78, 5) is 67.5. The molecule has 6 heterocycles. The summed E-state index contributed by atoms with van der Waals surface area (Å²) >= 11 is 6.42. The van der Waals surface area contributed by atoms with Gasteiger partial charge < -0.3 is 30.5 Å². The fourth-order valence-corrected chi connectivity index (χ4v) is 8.55. The number of H-pyrrole nitrogens is 3. The molecular weight excluding hydrogens is 618 g/mol.